The maximum absolute atomic E-state index is 12.2. The predicted molar refractivity (Wildman–Crippen MR) is 118 cm³/mol. The minimum atomic E-state index is -0.107. The molecule has 2 heterocycles. The molecule has 4 aromatic rings. The second-order valence-electron chi connectivity index (χ2n) is 7.05. The topological polar surface area (TPSA) is 69.3 Å². The molecule has 1 aromatic heterocycles. The van der Waals surface area contributed by atoms with E-state index in [1.165, 1.54) is 5.56 Å². The number of aliphatic imine (C=N–C) groups is 1. The van der Waals surface area contributed by atoms with Crippen LogP contribution < -0.4 is 10.6 Å². The molecular weight excluding hydrogens is 360 g/mol. The van der Waals surface area contributed by atoms with Crippen LogP contribution in [0.3, 0.4) is 0 Å². The van der Waals surface area contributed by atoms with Crippen LogP contribution in [0.1, 0.15) is 16.8 Å². The van der Waals surface area contributed by atoms with Gasteiger partial charge in [0.1, 0.15) is 6.54 Å². The molecule has 5 heteroatoms. The standard InChI is InChI=1S/C24H20N4O/c29-21-15-26-22(24-23(28-21)19-11-4-5-12-20(19)27-24)17-9-6-10-18(13-17)25-14-16-7-2-1-3-8-16/h1-13,25,27H,14-15H2,(H,28,29). The number of nitrogens with one attached hydrogen (secondary N) is 3. The van der Waals surface area contributed by atoms with Crippen molar-refractivity contribution in [1.82, 2.24) is 4.98 Å². The summed E-state index contributed by atoms with van der Waals surface area (Å²) in [6, 6.07) is 26.4. The smallest absolute Gasteiger partial charge is 0.246 e. The molecular formula is C24H20N4O. The fourth-order valence-electron chi connectivity index (χ4n) is 3.67. The average Bonchev–Trinajstić information content (AvgIpc) is 3.03. The molecule has 142 valence electrons. The van der Waals surface area contributed by atoms with Gasteiger partial charge in [-0.2, -0.15) is 0 Å². The lowest BCUT2D eigenvalue weighted by Gasteiger charge is -2.10. The molecule has 0 bridgehead atoms. The molecule has 3 N–H and O–H groups in total. The Balaban J connectivity index is 1.51. The van der Waals surface area contributed by atoms with E-state index < -0.39 is 0 Å². The monoisotopic (exact) mass is 380 g/mol. The van der Waals surface area contributed by atoms with Gasteiger partial charge in [0.15, 0.2) is 0 Å². The summed E-state index contributed by atoms with van der Waals surface area (Å²) in [5.41, 5.74) is 6.60. The molecule has 5 nitrogen and oxygen atoms in total. The SMILES string of the molecule is O=C1CN=C(c2cccc(NCc3ccccc3)c2)c2[nH]c3ccccc3c2N1. The van der Waals surface area contributed by atoms with Crippen LogP contribution in [0, 0.1) is 0 Å². The van der Waals surface area contributed by atoms with Crippen molar-refractivity contribution < 1.29 is 4.79 Å². The molecule has 0 saturated carbocycles. The number of anilines is 2. The number of carbonyl (C=O) groups is 1. The Kier molecular flexibility index (Phi) is 4.33. The molecule has 29 heavy (non-hydrogen) atoms. The molecule has 1 aliphatic rings. The molecule has 0 aliphatic carbocycles. The van der Waals surface area contributed by atoms with Crippen LogP contribution in [0.4, 0.5) is 11.4 Å². The number of benzene rings is 3. The van der Waals surface area contributed by atoms with Crippen LogP contribution in [0.25, 0.3) is 10.9 Å². The van der Waals surface area contributed by atoms with E-state index >= 15 is 0 Å². The zero-order valence-corrected chi connectivity index (χ0v) is 15.8. The number of para-hydroxylation sites is 1. The van der Waals surface area contributed by atoms with Crippen molar-refractivity contribution in [1.29, 1.82) is 0 Å². The quantitative estimate of drug-likeness (QED) is 0.485. The Hall–Kier alpha value is -3.86. The number of amides is 1. The molecule has 0 unspecified atom stereocenters. The molecule has 5 rings (SSSR count). The van der Waals surface area contributed by atoms with Crippen molar-refractivity contribution in [2.45, 2.75) is 6.54 Å². The Morgan fingerprint density at radius 2 is 1.76 bits per heavy atom. The minimum absolute atomic E-state index is 0.105. The van der Waals surface area contributed by atoms with E-state index in [2.05, 4.69) is 38.8 Å². The Labute approximate surface area is 168 Å². The molecule has 0 atom stereocenters. The molecule has 1 amide bonds. The molecule has 0 saturated heterocycles. The maximum Gasteiger partial charge on any atom is 0.246 e. The van der Waals surface area contributed by atoms with Gasteiger partial charge in [0.2, 0.25) is 5.91 Å². The van der Waals surface area contributed by atoms with Crippen molar-refractivity contribution >= 4 is 33.9 Å². The number of aromatic amines is 1. The number of carbonyl (C=O) groups excluding carboxylic acids is 1. The van der Waals surface area contributed by atoms with Crippen LogP contribution in [0.2, 0.25) is 0 Å². The summed E-state index contributed by atoms with van der Waals surface area (Å²) in [6.45, 7) is 0.850. The highest BCUT2D eigenvalue weighted by Crippen LogP contribution is 2.31. The lowest BCUT2D eigenvalue weighted by atomic mass is 10.0. The van der Waals surface area contributed by atoms with Gasteiger partial charge >= 0.3 is 0 Å². The van der Waals surface area contributed by atoms with E-state index in [-0.39, 0.29) is 12.5 Å². The molecule has 0 radical (unpaired) electrons. The first-order chi connectivity index (χ1) is 14.3. The summed E-state index contributed by atoms with van der Waals surface area (Å²) < 4.78 is 0. The van der Waals surface area contributed by atoms with Crippen molar-refractivity contribution in [3.63, 3.8) is 0 Å². The molecule has 3 aromatic carbocycles. The van der Waals surface area contributed by atoms with Gasteiger partial charge in [-0.25, -0.2) is 0 Å². The van der Waals surface area contributed by atoms with Crippen molar-refractivity contribution in [2.24, 2.45) is 4.99 Å². The third-order valence-electron chi connectivity index (χ3n) is 5.06. The molecule has 0 spiro atoms. The number of rotatable bonds is 4. The van der Waals surface area contributed by atoms with Gasteiger partial charge in [-0.15, -0.1) is 0 Å². The number of H-pyrrole nitrogens is 1. The first-order valence-electron chi connectivity index (χ1n) is 9.61. The normalized spacial score (nSPS) is 13.4. The van der Waals surface area contributed by atoms with Gasteiger partial charge in [0, 0.05) is 28.7 Å². The fourth-order valence-corrected chi connectivity index (χ4v) is 3.67. The van der Waals surface area contributed by atoms with Crippen LogP contribution in [-0.2, 0) is 11.3 Å². The zero-order valence-electron chi connectivity index (χ0n) is 15.8. The number of fused-ring (bicyclic) bond motifs is 3. The third-order valence-corrected chi connectivity index (χ3v) is 5.06. The number of nitrogens with zero attached hydrogens (tertiary/aromatic N) is 1. The highest BCUT2D eigenvalue weighted by Gasteiger charge is 2.22. The predicted octanol–water partition coefficient (Wildman–Crippen LogP) is 4.57. The summed E-state index contributed by atoms with van der Waals surface area (Å²) in [7, 11) is 0. The third kappa shape index (κ3) is 3.38. The van der Waals surface area contributed by atoms with Gasteiger partial charge < -0.3 is 15.6 Å². The van der Waals surface area contributed by atoms with E-state index in [0.717, 1.165) is 45.8 Å². The molecule has 0 fully saturated rings. The largest absolute Gasteiger partial charge is 0.381 e. The van der Waals surface area contributed by atoms with E-state index in [0.29, 0.717) is 0 Å². The second kappa shape index (κ2) is 7.28. The highest BCUT2D eigenvalue weighted by atomic mass is 16.1. The fraction of sp³-hybridized carbons (Fsp3) is 0.0833. The van der Waals surface area contributed by atoms with Crippen LogP contribution >= 0.6 is 0 Å². The van der Waals surface area contributed by atoms with E-state index in [1.807, 2.05) is 60.7 Å². The summed E-state index contributed by atoms with van der Waals surface area (Å²) in [5, 5.41) is 7.46. The summed E-state index contributed by atoms with van der Waals surface area (Å²) in [5.74, 6) is -0.107. The van der Waals surface area contributed by atoms with Crippen LogP contribution in [0.15, 0.2) is 83.9 Å². The Morgan fingerprint density at radius 3 is 2.66 bits per heavy atom. The number of hydrogen-bond acceptors (Lipinski definition) is 3. The van der Waals surface area contributed by atoms with Crippen molar-refractivity contribution in [3.05, 3.63) is 95.7 Å². The number of hydrogen-bond donors (Lipinski definition) is 3. The average molecular weight is 380 g/mol. The minimum Gasteiger partial charge on any atom is -0.381 e. The lowest BCUT2D eigenvalue weighted by Crippen LogP contribution is -2.13. The van der Waals surface area contributed by atoms with Gasteiger partial charge in [-0.05, 0) is 23.8 Å². The van der Waals surface area contributed by atoms with E-state index in [1.54, 1.807) is 0 Å². The van der Waals surface area contributed by atoms with E-state index in [9.17, 15) is 4.79 Å². The van der Waals surface area contributed by atoms with Gasteiger partial charge in [0.05, 0.1) is 17.1 Å². The van der Waals surface area contributed by atoms with Crippen LogP contribution in [0.5, 0.6) is 0 Å². The summed E-state index contributed by atoms with van der Waals surface area (Å²) in [6.07, 6.45) is 0. The van der Waals surface area contributed by atoms with Crippen molar-refractivity contribution in [2.75, 3.05) is 17.2 Å². The summed E-state index contributed by atoms with van der Waals surface area (Å²) in [4.78, 5) is 20.3. The maximum atomic E-state index is 12.2. The molecule has 1 aliphatic heterocycles. The number of aromatic nitrogens is 1. The van der Waals surface area contributed by atoms with Crippen LogP contribution in [-0.4, -0.2) is 23.1 Å². The van der Waals surface area contributed by atoms with Crippen molar-refractivity contribution in [3.8, 4) is 0 Å². The second-order valence-corrected chi connectivity index (χ2v) is 7.05. The van der Waals surface area contributed by atoms with Gasteiger partial charge in [-0.1, -0.05) is 60.7 Å². The summed E-state index contributed by atoms with van der Waals surface area (Å²) >= 11 is 0. The lowest BCUT2D eigenvalue weighted by molar-refractivity contribution is -0.114. The van der Waals surface area contributed by atoms with Gasteiger partial charge in [0.25, 0.3) is 0 Å². The van der Waals surface area contributed by atoms with E-state index in [4.69, 9.17) is 0 Å². The first-order valence-corrected chi connectivity index (χ1v) is 9.61. The zero-order chi connectivity index (χ0) is 19.6. The Bertz CT molecular complexity index is 1220. The van der Waals surface area contributed by atoms with Gasteiger partial charge in [-0.3, -0.25) is 9.79 Å². The first kappa shape index (κ1) is 17.3. The highest BCUT2D eigenvalue weighted by molar-refractivity contribution is 6.22. The Morgan fingerprint density at radius 1 is 0.931 bits per heavy atom.